The predicted molar refractivity (Wildman–Crippen MR) is 334 cm³/mol. The molecule has 0 saturated heterocycles. The monoisotopic (exact) mass is 1140 g/mol. The van der Waals surface area contributed by atoms with Crippen LogP contribution < -0.4 is 0 Å². The van der Waals surface area contributed by atoms with Crippen molar-refractivity contribution in [3.8, 4) is 0 Å². The molecule has 0 aliphatic carbocycles. The Hall–Kier alpha value is -3.34. The number of aliphatic hydroxyl groups is 1. The zero-order chi connectivity index (χ0) is 58.3. The van der Waals surface area contributed by atoms with Crippen LogP contribution in [0.3, 0.4) is 0 Å². The molecule has 0 aromatic rings. The van der Waals surface area contributed by atoms with E-state index in [1.807, 2.05) is 0 Å². The van der Waals surface area contributed by atoms with Gasteiger partial charge in [-0.05, 0) is 96.3 Å². The Labute approximate surface area is 490 Å². The molecule has 0 aliphatic heterocycles. The summed E-state index contributed by atoms with van der Waals surface area (Å²) in [4.78, 5) is 48.8. The molecule has 0 amide bonds. The fraction of sp³-hybridized carbons (Fsp3) is 0.750. The van der Waals surface area contributed by atoms with E-state index < -0.39 is 57.8 Å². The van der Waals surface area contributed by atoms with Crippen LogP contribution in [0.15, 0.2) is 85.1 Å². The van der Waals surface area contributed by atoms with E-state index in [2.05, 4.69) is 106 Å². The molecule has 0 radical (unpaired) electrons. The highest BCUT2D eigenvalue weighted by molar-refractivity contribution is 7.47. The summed E-state index contributed by atoms with van der Waals surface area (Å²) in [5, 5.41) is 9.85. The van der Waals surface area contributed by atoms with Gasteiger partial charge in [-0.1, -0.05) is 260 Å². The maximum atomic E-state index is 13.0. The van der Waals surface area contributed by atoms with E-state index in [9.17, 15) is 28.9 Å². The summed E-state index contributed by atoms with van der Waals surface area (Å²) in [6.45, 7) is 4.51. The molecule has 0 aromatic carbocycles. The molecule has 3 unspecified atom stereocenters. The SMILES string of the molecule is CC/C=C\C/C=C\C/C=C\C/C=C\C/C=C\CCCCCC(=O)OC(COC(=O)CCCCCCCCCCC/C=C\C/C=C\CCCCC)COP(=O)(O)OCC(CO)OC(=O)CCCCCCCCCCCCCCCCC. The topological polar surface area (TPSA) is 155 Å². The average molecular weight is 1140 g/mol. The zero-order valence-electron chi connectivity index (χ0n) is 51.3. The minimum atomic E-state index is -4.77. The van der Waals surface area contributed by atoms with E-state index in [4.69, 9.17) is 23.3 Å². The summed E-state index contributed by atoms with van der Waals surface area (Å²) in [6.07, 6.45) is 72.4. The van der Waals surface area contributed by atoms with Gasteiger partial charge in [-0.25, -0.2) is 4.57 Å². The molecule has 80 heavy (non-hydrogen) atoms. The second-order valence-corrected chi connectivity index (χ2v) is 23.0. The van der Waals surface area contributed by atoms with Gasteiger partial charge in [-0.2, -0.15) is 0 Å². The van der Waals surface area contributed by atoms with Crippen molar-refractivity contribution in [3.05, 3.63) is 85.1 Å². The van der Waals surface area contributed by atoms with E-state index in [1.54, 1.807) is 0 Å². The fourth-order valence-electron chi connectivity index (χ4n) is 8.89. The number of aliphatic hydroxyl groups excluding tert-OH is 1. The number of hydrogen-bond acceptors (Lipinski definition) is 10. The van der Waals surface area contributed by atoms with E-state index in [0.717, 1.165) is 103 Å². The lowest BCUT2D eigenvalue weighted by Gasteiger charge is -2.21. The number of phosphoric acid groups is 1. The van der Waals surface area contributed by atoms with Gasteiger partial charge in [-0.3, -0.25) is 23.4 Å². The molecule has 0 aromatic heterocycles. The van der Waals surface area contributed by atoms with Crippen LogP contribution in [-0.4, -0.2) is 66.5 Å². The third-order valence-corrected chi connectivity index (χ3v) is 14.8. The predicted octanol–water partition coefficient (Wildman–Crippen LogP) is 19.8. The van der Waals surface area contributed by atoms with Crippen LogP contribution in [-0.2, 0) is 42.2 Å². The van der Waals surface area contributed by atoms with Crippen molar-refractivity contribution < 1.29 is 52.2 Å². The van der Waals surface area contributed by atoms with Gasteiger partial charge < -0.3 is 24.2 Å². The third kappa shape index (κ3) is 59.3. The number of ether oxygens (including phenoxy) is 3. The number of phosphoric ester groups is 1. The van der Waals surface area contributed by atoms with Crippen LogP contribution in [0.25, 0.3) is 0 Å². The molecule has 0 fully saturated rings. The number of carbonyl (C=O) groups is 3. The van der Waals surface area contributed by atoms with Crippen molar-refractivity contribution in [2.45, 2.75) is 303 Å². The van der Waals surface area contributed by atoms with E-state index in [1.165, 1.54) is 128 Å². The summed E-state index contributed by atoms with van der Waals surface area (Å²) in [6, 6.07) is 0. The Morgan fingerprint density at radius 3 is 1.04 bits per heavy atom. The third-order valence-electron chi connectivity index (χ3n) is 13.8. The van der Waals surface area contributed by atoms with Crippen LogP contribution in [0.1, 0.15) is 290 Å². The largest absolute Gasteiger partial charge is 0.472 e. The number of unbranched alkanes of at least 4 members (excludes halogenated alkanes) is 29. The van der Waals surface area contributed by atoms with Crippen LogP contribution in [0, 0.1) is 0 Å². The van der Waals surface area contributed by atoms with Gasteiger partial charge >= 0.3 is 25.7 Å². The Kier molecular flexibility index (Phi) is 59.1. The Morgan fingerprint density at radius 1 is 0.362 bits per heavy atom. The standard InChI is InChI=1S/C68H119O11P/c1-4-7-10-13-16-19-22-25-28-30-32-34-37-39-42-45-48-51-54-57-66(70)75-61-65(79-68(72)59-56-53-50-47-44-41-38-35-33-31-29-26-23-20-17-14-11-8-5-2)63-77-80(73,74)76-62-64(60-69)78-67(71)58-55-52-49-46-43-40-36-27-24-21-18-15-12-9-6-3/h8,11,16-17,19-20,25-26,28-29,33,35,41,44,64-65,69H,4-7,9-10,12-15,18,21-24,27,30-32,34,36-40,42-43,45-63H2,1-3H3,(H,73,74)/b11-8-,19-16-,20-17-,28-25-,29-26-,35-33-,44-41-. The van der Waals surface area contributed by atoms with Crippen LogP contribution >= 0.6 is 7.82 Å². The first-order valence-corrected chi connectivity index (χ1v) is 34.0. The molecular weight excluding hydrogens is 1020 g/mol. The van der Waals surface area contributed by atoms with E-state index in [0.29, 0.717) is 19.3 Å². The maximum Gasteiger partial charge on any atom is 0.472 e. The first kappa shape index (κ1) is 76.7. The molecule has 0 saturated carbocycles. The van der Waals surface area contributed by atoms with Gasteiger partial charge in [0.05, 0.1) is 19.8 Å². The van der Waals surface area contributed by atoms with Gasteiger partial charge in [0.1, 0.15) is 12.7 Å². The molecule has 0 bridgehead atoms. The van der Waals surface area contributed by atoms with Crippen LogP contribution in [0.2, 0.25) is 0 Å². The van der Waals surface area contributed by atoms with Crippen LogP contribution in [0.5, 0.6) is 0 Å². The van der Waals surface area contributed by atoms with Crippen molar-refractivity contribution in [2.75, 3.05) is 26.4 Å². The molecule has 0 heterocycles. The van der Waals surface area contributed by atoms with Gasteiger partial charge in [0.15, 0.2) is 6.10 Å². The average Bonchev–Trinajstić information content (AvgIpc) is 3.45. The molecule has 0 rings (SSSR count). The first-order chi connectivity index (χ1) is 39.2. The highest BCUT2D eigenvalue weighted by atomic mass is 31.2. The van der Waals surface area contributed by atoms with Gasteiger partial charge in [-0.15, -0.1) is 0 Å². The number of esters is 3. The molecule has 0 aliphatic rings. The summed E-state index contributed by atoms with van der Waals surface area (Å²) in [7, 11) is -4.77. The van der Waals surface area contributed by atoms with Crippen molar-refractivity contribution in [1.82, 2.24) is 0 Å². The number of rotatable bonds is 60. The van der Waals surface area contributed by atoms with Crippen molar-refractivity contribution in [1.29, 1.82) is 0 Å². The minimum absolute atomic E-state index is 0.126. The molecule has 2 N–H and O–H groups in total. The molecule has 0 spiro atoms. The number of carbonyl (C=O) groups excluding carboxylic acids is 3. The maximum absolute atomic E-state index is 13.0. The normalized spacial score (nSPS) is 13.8. The summed E-state index contributed by atoms with van der Waals surface area (Å²) < 4.78 is 39.7. The lowest BCUT2D eigenvalue weighted by molar-refractivity contribution is -0.161. The van der Waals surface area contributed by atoms with Gasteiger partial charge in [0.2, 0.25) is 0 Å². The van der Waals surface area contributed by atoms with Crippen LogP contribution in [0.4, 0.5) is 0 Å². The Morgan fingerprint density at radius 2 is 0.650 bits per heavy atom. The molecule has 12 heteroatoms. The second kappa shape index (κ2) is 61.7. The summed E-state index contributed by atoms with van der Waals surface area (Å²) >= 11 is 0. The van der Waals surface area contributed by atoms with Crippen molar-refractivity contribution in [2.24, 2.45) is 0 Å². The highest BCUT2D eigenvalue weighted by Gasteiger charge is 2.28. The molecule has 3 atom stereocenters. The number of hydrogen-bond donors (Lipinski definition) is 2. The first-order valence-electron chi connectivity index (χ1n) is 32.5. The van der Waals surface area contributed by atoms with Crippen molar-refractivity contribution in [3.63, 3.8) is 0 Å². The summed E-state index contributed by atoms with van der Waals surface area (Å²) in [5.74, 6) is -1.50. The zero-order valence-corrected chi connectivity index (χ0v) is 52.2. The van der Waals surface area contributed by atoms with Gasteiger partial charge in [0, 0.05) is 19.3 Å². The molecular formula is C68H119O11P. The lowest BCUT2D eigenvalue weighted by Crippen LogP contribution is -2.30. The lowest BCUT2D eigenvalue weighted by atomic mass is 10.0. The van der Waals surface area contributed by atoms with E-state index in [-0.39, 0.29) is 25.9 Å². The fourth-order valence-corrected chi connectivity index (χ4v) is 9.67. The van der Waals surface area contributed by atoms with Crippen molar-refractivity contribution >= 4 is 25.7 Å². The second-order valence-electron chi connectivity index (χ2n) is 21.6. The Bertz CT molecular complexity index is 1670. The van der Waals surface area contributed by atoms with E-state index >= 15 is 0 Å². The smallest absolute Gasteiger partial charge is 0.462 e. The van der Waals surface area contributed by atoms with Gasteiger partial charge in [0.25, 0.3) is 0 Å². The number of allylic oxidation sites excluding steroid dienone is 14. The Balaban J connectivity index is 4.76. The summed E-state index contributed by atoms with van der Waals surface area (Å²) in [5.41, 5.74) is 0. The quantitative estimate of drug-likeness (QED) is 0.0197. The molecule has 11 nitrogen and oxygen atoms in total. The molecule has 462 valence electrons. The minimum Gasteiger partial charge on any atom is -0.462 e. The highest BCUT2D eigenvalue weighted by Crippen LogP contribution is 2.43.